The zero-order chi connectivity index (χ0) is 18.2. The van der Waals surface area contributed by atoms with Gasteiger partial charge >= 0.3 is 0 Å². The van der Waals surface area contributed by atoms with Crippen LogP contribution in [0.3, 0.4) is 0 Å². The summed E-state index contributed by atoms with van der Waals surface area (Å²) in [7, 11) is -3.71. The van der Waals surface area contributed by atoms with E-state index >= 15 is 0 Å². The van der Waals surface area contributed by atoms with E-state index in [0.717, 1.165) is 11.4 Å². The number of aromatic nitrogens is 4. The number of fused-ring (bicyclic) bond motifs is 1. The van der Waals surface area contributed by atoms with Crippen molar-refractivity contribution < 1.29 is 8.42 Å². The fourth-order valence-electron chi connectivity index (χ4n) is 2.33. The molecule has 25 heavy (non-hydrogen) atoms. The number of nitrogens with zero attached hydrogens (tertiary/aromatic N) is 5. The Labute approximate surface area is 144 Å². The Morgan fingerprint density at radius 2 is 1.88 bits per heavy atom. The summed E-state index contributed by atoms with van der Waals surface area (Å²) >= 11 is 0. The molecule has 0 fully saturated rings. The molecule has 10 heteroatoms. The summed E-state index contributed by atoms with van der Waals surface area (Å²) in [5.74, 6) is 0. The second-order valence-electron chi connectivity index (χ2n) is 5.57. The third kappa shape index (κ3) is 3.49. The first kappa shape index (κ1) is 17.0. The predicted molar refractivity (Wildman–Crippen MR) is 93.9 cm³/mol. The second kappa shape index (κ2) is 6.22. The summed E-state index contributed by atoms with van der Waals surface area (Å²) < 4.78 is 24.2. The van der Waals surface area contributed by atoms with Gasteiger partial charge in [-0.25, -0.2) is 18.1 Å². The first-order valence-electron chi connectivity index (χ1n) is 7.39. The molecule has 3 N–H and O–H groups in total. The highest BCUT2D eigenvalue weighted by molar-refractivity contribution is 7.89. The molecule has 0 aliphatic rings. The van der Waals surface area contributed by atoms with Crippen molar-refractivity contribution in [1.29, 1.82) is 0 Å². The molecule has 1 aromatic carbocycles. The van der Waals surface area contributed by atoms with Crippen LogP contribution in [0.25, 0.3) is 5.65 Å². The van der Waals surface area contributed by atoms with Gasteiger partial charge in [-0.1, -0.05) is 0 Å². The first-order chi connectivity index (χ1) is 11.8. The number of sulfonamides is 1. The van der Waals surface area contributed by atoms with Crippen LogP contribution >= 0.6 is 0 Å². The highest BCUT2D eigenvalue weighted by Gasteiger charge is 2.11. The Morgan fingerprint density at radius 1 is 1.20 bits per heavy atom. The molecule has 0 aliphatic heterocycles. The molecule has 2 aromatic heterocycles. The number of hydrogen-bond acceptors (Lipinski definition) is 7. The van der Waals surface area contributed by atoms with E-state index in [4.69, 9.17) is 5.14 Å². The normalized spacial score (nSPS) is 12.6. The Hall–Kier alpha value is -2.85. The lowest BCUT2D eigenvalue weighted by Crippen LogP contribution is -2.12. The van der Waals surface area contributed by atoms with Crippen molar-refractivity contribution in [3.05, 3.63) is 47.4 Å². The molecule has 3 rings (SSSR count). The lowest BCUT2D eigenvalue weighted by molar-refractivity contribution is 0.598. The van der Waals surface area contributed by atoms with Gasteiger partial charge in [-0.2, -0.15) is 10.2 Å². The largest absolute Gasteiger partial charge is 0.278 e. The molecule has 0 aliphatic carbocycles. The van der Waals surface area contributed by atoms with Gasteiger partial charge in [0.1, 0.15) is 5.69 Å². The standard InChI is InChI=1S/C15H17N7O2S/c1-9-8-14-19-20-15(11(3)22(14)21-9)10(2)17-18-12-4-6-13(7-5-12)25(16,23)24/h4-8,18H,1-3H3,(H2,16,23,24)/b17-10-. The van der Waals surface area contributed by atoms with Crippen LogP contribution in [0.2, 0.25) is 0 Å². The number of rotatable bonds is 4. The Kier molecular flexibility index (Phi) is 4.23. The summed E-state index contributed by atoms with van der Waals surface area (Å²) in [5, 5.41) is 22.1. The van der Waals surface area contributed by atoms with Gasteiger partial charge in [-0.15, -0.1) is 10.2 Å². The Bertz CT molecular complexity index is 1070. The van der Waals surface area contributed by atoms with Crippen molar-refractivity contribution >= 4 is 27.1 Å². The van der Waals surface area contributed by atoms with Gasteiger partial charge in [0.15, 0.2) is 5.65 Å². The molecule has 0 unspecified atom stereocenters. The molecule has 0 radical (unpaired) electrons. The van der Waals surface area contributed by atoms with Crippen LogP contribution in [-0.2, 0) is 10.0 Å². The lowest BCUT2D eigenvalue weighted by atomic mass is 10.2. The summed E-state index contributed by atoms with van der Waals surface area (Å²) in [6.45, 7) is 5.58. The van der Waals surface area contributed by atoms with E-state index in [9.17, 15) is 8.42 Å². The fraction of sp³-hybridized carbons (Fsp3) is 0.200. The van der Waals surface area contributed by atoms with Crippen LogP contribution in [-0.4, -0.2) is 33.9 Å². The average molecular weight is 359 g/mol. The minimum atomic E-state index is -3.71. The molecule has 0 amide bonds. The van der Waals surface area contributed by atoms with Crippen LogP contribution in [0.5, 0.6) is 0 Å². The summed E-state index contributed by atoms with van der Waals surface area (Å²) in [6, 6.07) is 7.82. The lowest BCUT2D eigenvalue weighted by Gasteiger charge is -2.07. The van der Waals surface area contributed by atoms with Gasteiger partial charge in [0.2, 0.25) is 10.0 Å². The summed E-state index contributed by atoms with van der Waals surface area (Å²) in [6.07, 6.45) is 0. The quantitative estimate of drug-likeness (QED) is 0.532. The molecule has 2 heterocycles. The SMILES string of the molecule is C/C(=N/Nc1ccc(S(N)(=O)=O)cc1)c1nnc2cc(C)nn2c1C. The molecule has 0 atom stereocenters. The number of primary sulfonamides is 1. The predicted octanol–water partition coefficient (Wildman–Crippen LogP) is 1.22. The average Bonchev–Trinajstić information content (AvgIpc) is 2.94. The minimum Gasteiger partial charge on any atom is -0.278 e. The summed E-state index contributed by atoms with van der Waals surface area (Å²) in [4.78, 5) is 0.0416. The zero-order valence-corrected chi connectivity index (χ0v) is 14.7. The van der Waals surface area contributed by atoms with Crippen LogP contribution in [0, 0.1) is 13.8 Å². The van der Waals surface area contributed by atoms with Crippen molar-refractivity contribution in [2.75, 3.05) is 5.43 Å². The van der Waals surface area contributed by atoms with E-state index in [0.29, 0.717) is 22.7 Å². The maximum Gasteiger partial charge on any atom is 0.238 e. The number of aryl methyl sites for hydroxylation is 2. The maximum atomic E-state index is 11.2. The van der Waals surface area contributed by atoms with Gasteiger partial charge in [-0.05, 0) is 45.0 Å². The molecule has 0 spiro atoms. The first-order valence-corrected chi connectivity index (χ1v) is 8.93. The molecule has 0 saturated carbocycles. The van der Waals surface area contributed by atoms with Crippen molar-refractivity contribution in [3.8, 4) is 0 Å². The van der Waals surface area contributed by atoms with Gasteiger partial charge in [0.25, 0.3) is 0 Å². The fourth-order valence-corrected chi connectivity index (χ4v) is 2.85. The van der Waals surface area contributed by atoms with E-state index < -0.39 is 10.0 Å². The van der Waals surface area contributed by atoms with Crippen molar-refractivity contribution in [1.82, 2.24) is 19.8 Å². The second-order valence-corrected chi connectivity index (χ2v) is 7.13. The minimum absolute atomic E-state index is 0.0416. The molecule has 0 bridgehead atoms. The number of hydrazone groups is 1. The third-order valence-corrected chi connectivity index (χ3v) is 4.53. The van der Waals surface area contributed by atoms with Crippen molar-refractivity contribution in [2.24, 2.45) is 10.2 Å². The Morgan fingerprint density at radius 3 is 2.52 bits per heavy atom. The van der Waals surface area contributed by atoms with Gasteiger partial charge in [0, 0.05) is 6.07 Å². The highest BCUT2D eigenvalue weighted by atomic mass is 32.2. The molecule has 9 nitrogen and oxygen atoms in total. The summed E-state index contributed by atoms with van der Waals surface area (Å²) in [5.41, 5.74) is 7.07. The number of nitrogens with one attached hydrogen (secondary N) is 1. The van der Waals surface area contributed by atoms with Gasteiger partial charge < -0.3 is 0 Å². The molecular formula is C15H17N7O2S. The van der Waals surface area contributed by atoms with Gasteiger partial charge in [-0.3, -0.25) is 5.43 Å². The van der Waals surface area contributed by atoms with E-state index in [1.165, 1.54) is 12.1 Å². The molecule has 3 aromatic rings. The Balaban J connectivity index is 1.85. The van der Waals surface area contributed by atoms with E-state index in [2.05, 4.69) is 25.8 Å². The van der Waals surface area contributed by atoms with Crippen molar-refractivity contribution in [2.45, 2.75) is 25.7 Å². The number of hydrogen-bond donors (Lipinski definition) is 2. The molecule has 0 saturated heterocycles. The van der Waals surface area contributed by atoms with Crippen molar-refractivity contribution in [3.63, 3.8) is 0 Å². The van der Waals surface area contributed by atoms with E-state index in [-0.39, 0.29) is 4.90 Å². The zero-order valence-electron chi connectivity index (χ0n) is 13.9. The van der Waals surface area contributed by atoms with Crippen LogP contribution in [0.15, 0.2) is 40.3 Å². The molecule has 130 valence electrons. The molecular weight excluding hydrogens is 342 g/mol. The van der Waals surface area contributed by atoms with Gasteiger partial charge in [0.05, 0.1) is 27.7 Å². The number of nitrogens with two attached hydrogens (primary N) is 1. The monoisotopic (exact) mass is 359 g/mol. The van der Waals surface area contributed by atoms with Crippen LogP contribution in [0.4, 0.5) is 5.69 Å². The van der Waals surface area contributed by atoms with E-state index in [1.54, 1.807) is 23.6 Å². The highest BCUT2D eigenvalue weighted by Crippen LogP contribution is 2.14. The third-order valence-electron chi connectivity index (χ3n) is 3.60. The van der Waals surface area contributed by atoms with E-state index in [1.807, 2.05) is 19.9 Å². The topological polar surface area (TPSA) is 128 Å². The maximum absolute atomic E-state index is 11.2. The van der Waals surface area contributed by atoms with Crippen LogP contribution < -0.4 is 10.6 Å². The number of anilines is 1. The van der Waals surface area contributed by atoms with Crippen LogP contribution in [0.1, 0.15) is 24.0 Å². The smallest absolute Gasteiger partial charge is 0.238 e. The number of benzene rings is 1.